The fourth-order valence-corrected chi connectivity index (χ4v) is 3.09. The molecule has 2 heterocycles. The molecule has 1 unspecified atom stereocenters. The van der Waals surface area contributed by atoms with Crippen LogP contribution in [0.2, 0.25) is 0 Å². The fourth-order valence-electron chi connectivity index (χ4n) is 1.75. The van der Waals surface area contributed by atoms with Crippen LogP contribution >= 0.6 is 11.8 Å². The molecule has 1 amide bonds. The Morgan fingerprint density at radius 3 is 2.73 bits per heavy atom. The molecule has 0 saturated carbocycles. The van der Waals surface area contributed by atoms with Crippen LogP contribution in [0.4, 0.5) is 0 Å². The minimum atomic E-state index is -0.324. The highest BCUT2D eigenvalue weighted by molar-refractivity contribution is 8.02. The van der Waals surface area contributed by atoms with Crippen LogP contribution in [0.25, 0.3) is 0 Å². The van der Waals surface area contributed by atoms with Crippen molar-refractivity contribution in [2.75, 3.05) is 7.05 Å². The number of carbonyl (C=O) groups is 1. The first kappa shape index (κ1) is 10.5. The predicted molar refractivity (Wildman–Crippen MR) is 61.4 cm³/mol. The summed E-state index contributed by atoms with van der Waals surface area (Å²) >= 11 is 1.67. The summed E-state index contributed by atoms with van der Waals surface area (Å²) in [6, 6.07) is 3.91. The number of amides is 1. The summed E-state index contributed by atoms with van der Waals surface area (Å²) in [5.41, 5.74) is 1.09. The largest absolute Gasteiger partial charge is 0.328 e. The lowest BCUT2D eigenvalue weighted by Gasteiger charge is -2.18. The van der Waals surface area contributed by atoms with Gasteiger partial charge in [-0.05, 0) is 19.9 Å². The molecule has 0 aromatic carbocycles. The molecule has 0 N–H and O–H groups in total. The van der Waals surface area contributed by atoms with Gasteiger partial charge < -0.3 is 4.90 Å². The standard InChI is InChI=1S/C11H14N2OS/c1-11(2)10(14)13(3)9(15-11)8-5-4-6-12-7-8/h4-7,9H,1-3H3. The Morgan fingerprint density at radius 1 is 1.53 bits per heavy atom. The maximum atomic E-state index is 11.9. The van der Waals surface area contributed by atoms with Crippen molar-refractivity contribution in [1.82, 2.24) is 9.88 Å². The van der Waals surface area contributed by atoms with Crippen molar-refractivity contribution in [2.24, 2.45) is 0 Å². The maximum Gasteiger partial charge on any atom is 0.239 e. The molecule has 0 spiro atoms. The third-order valence-electron chi connectivity index (χ3n) is 2.56. The Bertz CT molecular complexity index is 377. The van der Waals surface area contributed by atoms with Crippen molar-refractivity contribution < 1.29 is 4.79 Å². The molecule has 1 saturated heterocycles. The van der Waals surface area contributed by atoms with Gasteiger partial charge in [0, 0.05) is 25.0 Å². The normalized spacial score (nSPS) is 24.6. The zero-order chi connectivity index (χ0) is 11.1. The first-order valence-corrected chi connectivity index (χ1v) is 5.75. The second-order valence-electron chi connectivity index (χ2n) is 4.18. The van der Waals surface area contributed by atoms with Crippen LogP contribution in [0.15, 0.2) is 24.5 Å². The summed E-state index contributed by atoms with van der Waals surface area (Å²) in [5, 5.41) is 0.0983. The number of rotatable bonds is 1. The summed E-state index contributed by atoms with van der Waals surface area (Å²) in [4.78, 5) is 17.8. The zero-order valence-electron chi connectivity index (χ0n) is 9.10. The van der Waals surface area contributed by atoms with Crippen LogP contribution in [0.3, 0.4) is 0 Å². The van der Waals surface area contributed by atoms with E-state index in [1.165, 1.54) is 0 Å². The van der Waals surface area contributed by atoms with Crippen molar-refractivity contribution in [2.45, 2.75) is 24.0 Å². The zero-order valence-corrected chi connectivity index (χ0v) is 9.91. The average molecular weight is 222 g/mol. The molecule has 4 heteroatoms. The number of thioether (sulfide) groups is 1. The van der Waals surface area contributed by atoms with Gasteiger partial charge in [-0.25, -0.2) is 0 Å². The molecule has 3 nitrogen and oxygen atoms in total. The number of pyridine rings is 1. The van der Waals surface area contributed by atoms with Gasteiger partial charge in [-0.3, -0.25) is 9.78 Å². The van der Waals surface area contributed by atoms with Crippen LogP contribution in [0, 0.1) is 0 Å². The number of carbonyl (C=O) groups excluding carboxylic acids is 1. The lowest BCUT2D eigenvalue weighted by atomic mass is 10.2. The summed E-state index contributed by atoms with van der Waals surface area (Å²) in [7, 11) is 1.85. The van der Waals surface area contributed by atoms with Crippen LogP contribution in [-0.4, -0.2) is 27.6 Å². The van der Waals surface area contributed by atoms with E-state index in [9.17, 15) is 4.79 Å². The molecule has 1 aromatic rings. The van der Waals surface area contributed by atoms with Gasteiger partial charge in [-0.15, -0.1) is 11.8 Å². The van der Waals surface area contributed by atoms with E-state index in [0.29, 0.717) is 0 Å². The molecule has 1 fully saturated rings. The molecule has 1 atom stereocenters. The first-order chi connectivity index (χ1) is 7.02. The molecule has 0 aliphatic carbocycles. The van der Waals surface area contributed by atoms with E-state index in [2.05, 4.69) is 4.98 Å². The lowest BCUT2D eigenvalue weighted by Crippen LogP contribution is -2.32. The molecule has 15 heavy (non-hydrogen) atoms. The monoisotopic (exact) mass is 222 g/mol. The van der Waals surface area contributed by atoms with Crippen molar-refractivity contribution in [1.29, 1.82) is 0 Å². The van der Waals surface area contributed by atoms with E-state index in [-0.39, 0.29) is 16.0 Å². The Morgan fingerprint density at radius 2 is 2.27 bits per heavy atom. The van der Waals surface area contributed by atoms with Crippen LogP contribution in [0.5, 0.6) is 0 Å². The van der Waals surface area contributed by atoms with Gasteiger partial charge in [-0.2, -0.15) is 0 Å². The molecule has 1 aromatic heterocycles. The molecule has 0 bridgehead atoms. The molecular weight excluding hydrogens is 208 g/mol. The second kappa shape index (κ2) is 3.52. The SMILES string of the molecule is CN1C(=O)C(C)(C)SC1c1cccnc1. The van der Waals surface area contributed by atoms with E-state index in [4.69, 9.17) is 0 Å². The van der Waals surface area contributed by atoms with Crippen molar-refractivity contribution in [3.8, 4) is 0 Å². The highest BCUT2D eigenvalue weighted by Gasteiger charge is 2.44. The summed E-state index contributed by atoms with van der Waals surface area (Å²) in [6.45, 7) is 3.93. The maximum absolute atomic E-state index is 11.9. The molecule has 1 aliphatic heterocycles. The van der Waals surface area contributed by atoms with Gasteiger partial charge in [0.25, 0.3) is 0 Å². The van der Waals surface area contributed by atoms with Crippen LogP contribution < -0.4 is 0 Å². The van der Waals surface area contributed by atoms with Crippen LogP contribution in [-0.2, 0) is 4.79 Å². The number of aromatic nitrogens is 1. The van der Waals surface area contributed by atoms with Gasteiger partial charge in [0.2, 0.25) is 5.91 Å². The molecule has 2 rings (SSSR count). The molecule has 1 aliphatic rings. The van der Waals surface area contributed by atoms with E-state index in [0.717, 1.165) is 5.56 Å². The summed E-state index contributed by atoms with van der Waals surface area (Å²) < 4.78 is -0.324. The van der Waals surface area contributed by atoms with Crippen molar-refractivity contribution >= 4 is 17.7 Å². The summed E-state index contributed by atoms with van der Waals surface area (Å²) in [5.74, 6) is 0.182. The average Bonchev–Trinajstić information content (AvgIpc) is 2.44. The van der Waals surface area contributed by atoms with Gasteiger partial charge in [0.1, 0.15) is 5.37 Å². The van der Waals surface area contributed by atoms with Gasteiger partial charge in [0.15, 0.2) is 0 Å². The highest BCUT2D eigenvalue weighted by Crippen LogP contribution is 2.47. The number of nitrogens with zero attached hydrogens (tertiary/aromatic N) is 2. The Labute approximate surface area is 93.9 Å². The molecule has 80 valence electrons. The number of hydrogen-bond acceptors (Lipinski definition) is 3. The van der Waals surface area contributed by atoms with Gasteiger partial charge in [-0.1, -0.05) is 6.07 Å². The van der Waals surface area contributed by atoms with E-state index >= 15 is 0 Å². The smallest absolute Gasteiger partial charge is 0.239 e. The Kier molecular flexibility index (Phi) is 2.46. The summed E-state index contributed by atoms with van der Waals surface area (Å²) in [6.07, 6.45) is 3.57. The highest BCUT2D eigenvalue weighted by atomic mass is 32.2. The lowest BCUT2D eigenvalue weighted by molar-refractivity contribution is -0.130. The van der Waals surface area contributed by atoms with Crippen LogP contribution in [0.1, 0.15) is 24.8 Å². The third-order valence-corrected chi connectivity index (χ3v) is 4.14. The molecule has 0 radical (unpaired) electrons. The van der Waals surface area contributed by atoms with E-state index in [1.54, 1.807) is 22.9 Å². The Balaban J connectivity index is 2.31. The quantitative estimate of drug-likeness (QED) is 0.729. The van der Waals surface area contributed by atoms with Crippen molar-refractivity contribution in [3.63, 3.8) is 0 Å². The topological polar surface area (TPSA) is 33.2 Å². The molecular formula is C11H14N2OS. The minimum Gasteiger partial charge on any atom is -0.328 e. The van der Waals surface area contributed by atoms with E-state index < -0.39 is 0 Å². The van der Waals surface area contributed by atoms with Gasteiger partial charge in [0.05, 0.1) is 4.75 Å². The fraction of sp³-hybridized carbons (Fsp3) is 0.455. The van der Waals surface area contributed by atoms with Crippen molar-refractivity contribution in [3.05, 3.63) is 30.1 Å². The number of hydrogen-bond donors (Lipinski definition) is 0. The van der Waals surface area contributed by atoms with E-state index in [1.807, 2.05) is 39.2 Å². The second-order valence-corrected chi connectivity index (χ2v) is 5.89. The third kappa shape index (κ3) is 1.74. The Hall–Kier alpha value is -1.03. The predicted octanol–water partition coefficient (Wildman–Crippen LogP) is 2.06. The first-order valence-electron chi connectivity index (χ1n) is 4.87. The van der Waals surface area contributed by atoms with Gasteiger partial charge >= 0.3 is 0 Å². The minimum absolute atomic E-state index is 0.0983.